The molecule has 1 aromatic rings. The maximum atomic E-state index is 5.50. The molecule has 146 valence electrons. The number of rotatable bonds is 5. The van der Waals surface area contributed by atoms with Crippen LogP contribution >= 0.6 is 11.3 Å². The second kappa shape index (κ2) is 8.92. The molecule has 1 aromatic heterocycles. The van der Waals surface area contributed by atoms with Crippen molar-refractivity contribution >= 4 is 16.9 Å². The van der Waals surface area contributed by atoms with E-state index in [0.29, 0.717) is 11.8 Å². The molecule has 3 heteroatoms. The zero-order valence-corrected chi connectivity index (χ0v) is 17.6. The molecule has 2 nitrogen and oxygen atoms in total. The lowest BCUT2D eigenvalue weighted by Crippen LogP contribution is -2.37. The van der Waals surface area contributed by atoms with Crippen LogP contribution < -0.4 is 0 Å². The van der Waals surface area contributed by atoms with E-state index in [1.54, 1.807) is 10.5 Å². The highest BCUT2D eigenvalue weighted by atomic mass is 32.1. The average molecular weight is 384 g/mol. The lowest BCUT2D eigenvalue weighted by atomic mass is 9.74. The van der Waals surface area contributed by atoms with Gasteiger partial charge in [0.1, 0.15) is 0 Å². The van der Waals surface area contributed by atoms with Crippen molar-refractivity contribution in [1.29, 1.82) is 0 Å². The van der Waals surface area contributed by atoms with Gasteiger partial charge in [0.15, 0.2) is 0 Å². The molecule has 0 amide bonds. The van der Waals surface area contributed by atoms with E-state index in [1.807, 2.05) is 11.3 Å². The highest BCUT2D eigenvalue weighted by molar-refractivity contribution is 7.10. The van der Waals surface area contributed by atoms with E-state index in [4.69, 9.17) is 4.74 Å². The number of fused-ring (bicyclic) bond motifs is 1. The van der Waals surface area contributed by atoms with Crippen LogP contribution in [0.5, 0.6) is 0 Å². The van der Waals surface area contributed by atoms with E-state index in [-0.39, 0.29) is 0 Å². The Morgan fingerprint density at radius 1 is 1.26 bits per heavy atom. The van der Waals surface area contributed by atoms with E-state index < -0.39 is 0 Å². The first-order valence-electron chi connectivity index (χ1n) is 10.8. The monoisotopic (exact) mass is 383 g/mol. The molecule has 2 aliphatic carbocycles. The van der Waals surface area contributed by atoms with Crippen molar-refractivity contribution in [2.45, 2.75) is 57.8 Å². The standard InChI is InChI=1S/C24H33NOS/c1-3-21(19-7-5-4-6-8-19)23-18(2)17-20(24-22(23)10-16-27-24)9-11-25-12-14-26-15-13-25/h10,16,19-20H,1,4-9,11-15,17H2,2H3. The van der Waals surface area contributed by atoms with Crippen LogP contribution in [0.4, 0.5) is 0 Å². The van der Waals surface area contributed by atoms with Gasteiger partial charge < -0.3 is 4.74 Å². The van der Waals surface area contributed by atoms with Gasteiger partial charge in [-0.25, -0.2) is 0 Å². The molecule has 27 heavy (non-hydrogen) atoms. The summed E-state index contributed by atoms with van der Waals surface area (Å²) in [5, 5.41) is 2.30. The maximum Gasteiger partial charge on any atom is 0.0594 e. The summed E-state index contributed by atoms with van der Waals surface area (Å²) in [5.74, 6) is 1.34. The highest BCUT2D eigenvalue weighted by Crippen LogP contribution is 2.48. The minimum atomic E-state index is 0.666. The summed E-state index contributed by atoms with van der Waals surface area (Å²) in [5.41, 5.74) is 9.36. The summed E-state index contributed by atoms with van der Waals surface area (Å²) < 4.78 is 5.50. The Bertz CT molecular complexity index is 727. The minimum absolute atomic E-state index is 0.666. The quantitative estimate of drug-likeness (QED) is 0.576. The molecule has 1 unspecified atom stereocenters. The number of hydrogen-bond acceptors (Lipinski definition) is 3. The van der Waals surface area contributed by atoms with Gasteiger partial charge in [0.05, 0.1) is 13.2 Å². The third-order valence-electron chi connectivity index (χ3n) is 6.69. The minimum Gasteiger partial charge on any atom is -0.379 e. The van der Waals surface area contributed by atoms with Gasteiger partial charge in [-0.3, -0.25) is 4.90 Å². The van der Waals surface area contributed by atoms with E-state index in [0.717, 1.165) is 26.3 Å². The van der Waals surface area contributed by atoms with Crippen LogP contribution in [0.25, 0.3) is 5.57 Å². The predicted molar refractivity (Wildman–Crippen MR) is 115 cm³/mol. The number of ether oxygens (including phenoxy) is 1. The second-order valence-electron chi connectivity index (χ2n) is 8.42. The molecular formula is C24H33NOS. The van der Waals surface area contributed by atoms with Crippen molar-refractivity contribution in [3.05, 3.63) is 45.3 Å². The first-order chi connectivity index (χ1) is 13.3. The summed E-state index contributed by atoms with van der Waals surface area (Å²) in [6, 6.07) is 2.36. The summed E-state index contributed by atoms with van der Waals surface area (Å²) in [6.07, 6.45) is 9.21. The molecule has 1 atom stereocenters. The molecule has 2 fully saturated rings. The summed E-state index contributed by atoms with van der Waals surface area (Å²) in [7, 11) is 0. The molecule has 1 saturated heterocycles. The molecule has 0 radical (unpaired) electrons. The molecule has 2 heterocycles. The Balaban J connectivity index is 1.53. The molecule has 0 N–H and O–H groups in total. The summed E-state index contributed by atoms with van der Waals surface area (Å²) >= 11 is 1.96. The number of thiophene rings is 1. The Morgan fingerprint density at radius 3 is 2.78 bits per heavy atom. The number of morpholine rings is 1. The fourth-order valence-electron chi connectivity index (χ4n) is 5.24. The molecule has 1 aliphatic heterocycles. The number of allylic oxidation sites excluding steroid dienone is 3. The van der Waals surface area contributed by atoms with Gasteiger partial charge in [0, 0.05) is 23.5 Å². The first-order valence-corrected chi connectivity index (χ1v) is 11.6. The van der Waals surface area contributed by atoms with Crippen molar-refractivity contribution in [2.75, 3.05) is 32.8 Å². The van der Waals surface area contributed by atoms with Crippen molar-refractivity contribution < 1.29 is 4.74 Å². The van der Waals surface area contributed by atoms with Crippen LogP contribution in [0.1, 0.15) is 68.2 Å². The largest absolute Gasteiger partial charge is 0.379 e. The maximum absolute atomic E-state index is 5.50. The van der Waals surface area contributed by atoms with Gasteiger partial charge in [0.2, 0.25) is 0 Å². The zero-order valence-electron chi connectivity index (χ0n) is 16.8. The van der Waals surface area contributed by atoms with Crippen molar-refractivity contribution in [3.63, 3.8) is 0 Å². The summed E-state index contributed by atoms with van der Waals surface area (Å²) in [4.78, 5) is 4.18. The lowest BCUT2D eigenvalue weighted by Gasteiger charge is -2.33. The molecular weight excluding hydrogens is 350 g/mol. The van der Waals surface area contributed by atoms with Crippen LogP contribution in [-0.4, -0.2) is 37.7 Å². The van der Waals surface area contributed by atoms with Crippen LogP contribution in [0.15, 0.2) is 34.9 Å². The highest BCUT2D eigenvalue weighted by Gasteiger charge is 2.31. The van der Waals surface area contributed by atoms with E-state index in [9.17, 15) is 0 Å². The summed E-state index contributed by atoms with van der Waals surface area (Å²) in [6.45, 7) is 11.6. The van der Waals surface area contributed by atoms with Gasteiger partial charge >= 0.3 is 0 Å². The van der Waals surface area contributed by atoms with Gasteiger partial charge in [-0.2, -0.15) is 0 Å². The van der Waals surface area contributed by atoms with Gasteiger partial charge in [0.25, 0.3) is 0 Å². The molecule has 1 saturated carbocycles. The van der Waals surface area contributed by atoms with Crippen LogP contribution in [0, 0.1) is 5.92 Å². The molecule has 0 aromatic carbocycles. The fraction of sp³-hybridized carbons (Fsp3) is 0.625. The molecule has 3 aliphatic rings. The van der Waals surface area contributed by atoms with E-state index >= 15 is 0 Å². The second-order valence-corrected chi connectivity index (χ2v) is 9.37. The number of hydrogen-bond donors (Lipinski definition) is 0. The molecule has 4 rings (SSSR count). The van der Waals surface area contributed by atoms with E-state index in [1.165, 1.54) is 68.2 Å². The van der Waals surface area contributed by atoms with Crippen molar-refractivity contribution in [2.24, 2.45) is 5.92 Å². The average Bonchev–Trinajstić information content (AvgIpc) is 3.20. The van der Waals surface area contributed by atoms with E-state index in [2.05, 4.69) is 35.6 Å². The first kappa shape index (κ1) is 19.2. The van der Waals surface area contributed by atoms with Crippen molar-refractivity contribution in [3.8, 4) is 0 Å². The third-order valence-corrected chi connectivity index (χ3v) is 7.76. The van der Waals surface area contributed by atoms with Crippen LogP contribution in [-0.2, 0) is 4.74 Å². The lowest BCUT2D eigenvalue weighted by molar-refractivity contribution is 0.0366. The van der Waals surface area contributed by atoms with Gasteiger partial charge in [-0.05, 0) is 73.6 Å². The molecule has 0 spiro atoms. The topological polar surface area (TPSA) is 12.5 Å². The smallest absolute Gasteiger partial charge is 0.0594 e. The molecule has 0 bridgehead atoms. The van der Waals surface area contributed by atoms with Gasteiger partial charge in [-0.15, -0.1) is 17.1 Å². The Hall–Kier alpha value is -1.12. The fourth-order valence-corrected chi connectivity index (χ4v) is 6.28. The Kier molecular flexibility index (Phi) is 6.35. The Labute approximate surface area is 168 Å². The van der Waals surface area contributed by atoms with Crippen molar-refractivity contribution in [1.82, 2.24) is 4.90 Å². The third kappa shape index (κ3) is 4.17. The Morgan fingerprint density at radius 2 is 2.04 bits per heavy atom. The number of nitrogens with zero attached hydrogens (tertiary/aromatic N) is 1. The van der Waals surface area contributed by atoms with Crippen LogP contribution in [0.3, 0.4) is 0 Å². The normalized spacial score (nSPS) is 24.6. The predicted octanol–water partition coefficient (Wildman–Crippen LogP) is 6.02. The zero-order chi connectivity index (χ0) is 18.6. The SMILES string of the molecule is C=C=C(C1=C(C)CC(CCN2CCOCC2)c2sccc21)C1CCCCC1. The van der Waals surface area contributed by atoms with Gasteiger partial charge in [-0.1, -0.05) is 31.4 Å². The van der Waals surface area contributed by atoms with Crippen LogP contribution in [0.2, 0.25) is 0 Å².